The summed E-state index contributed by atoms with van der Waals surface area (Å²) < 4.78 is 20.4. The van der Waals surface area contributed by atoms with Crippen molar-refractivity contribution in [2.75, 3.05) is 32.6 Å². The molecule has 5 heterocycles. The number of rotatable bonds is 9. The van der Waals surface area contributed by atoms with Crippen LogP contribution in [0.15, 0.2) is 67.1 Å². The van der Waals surface area contributed by atoms with Crippen molar-refractivity contribution in [3.63, 3.8) is 0 Å². The summed E-state index contributed by atoms with van der Waals surface area (Å²) in [5.41, 5.74) is 6.90. The number of halogens is 1. The number of carbonyl (C=O) groups excluding carboxylic acids is 1. The molecule has 0 saturated heterocycles. The maximum atomic E-state index is 14.6. The molecule has 0 radical (unpaired) electrons. The lowest BCUT2D eigenvalue weighted by molar-refractivity contribution is -0.115. The van der Waals surface area contributed by atoms with Crippen LogP contribution in [0.25, 0.3) is 55.8 Å². The first-order valence-corrected chi connectivity index (χ1v) is 13.5. The lowest BCUT2D eigenvalue weighted by atomic mass is 10.1. The highest BCUT2D eigenvalue weighted by molar-refractivity contribution is 5.99. The zero-order chi connectivity index (χ0) is 29.2. The number of hydrogen-bond acceptors (Lipinski definition) is 7. The minimum atomic E-state index is -0.398. The second-order valence-electron chi connectivity index (χ2n) is 10.2. The fourth-order valence-corrected chi connectivity index (χ4v) is 4.69. The highest BCUT2D eigenvalue weighted by atomic mass is 19.1. The zero-order valence-corrected chi connectivity index (χ0v) is 23.4. The average molecular weight is 565 g/mol. The predicted octanol–water partition coefficient (Wildman–Crippen LogP) is 5.66. The lowest BCUT2D eigenvalue weighted by Gasteiger charge is -2.12. The summed E-state index contributed by atoms with van der Waals surface area (Å²) in [6, 6.07) is 14.1. The summed E-state index contributed by atoms with van der Waals surface area (Å²) in [4.78, 5) is 31.0. The Labute approximate surface area is 241 Å². The lowest BCUT2D eigenvalue weighted by Crippen LogP contribution is -2.19. The highest BCUT2D eigenvalue weighted by Crippen LogP contribution is 2.34. The van der Waals surface area contributed by atoms with Crippen molar-refractivity contribution in [1.82, 2.24) is 35.0 Å². The number of carbonyl (C=O) groups is 1. The molecule has 6 rings (SSSR count). The molecule has 0 spiro atoms. The number of H-pyrrole nitrogens is 2. The first-order chi connectivity index (χ1) is 20.4. The number of nitrogens with one attached hydrogen (secondary N) is 3. The minimum Gasteiger partial charge on any atom is -0.492 e. The van der Waals surface area contributed by atoms with E-state index < -0.39 is 5.82 Å². The van der Waals surface area contributed by atoms with Gasteiger partial charge < -0.3 is 19.9 Å². The van der Waals surface area contributed by atoms with Crippen LogP contribution in [0.4, 0.5) is 10.1 Å². The van der Waals surface area contributed by atoms with E-state index in [4.69, 9.17) is 9.72 Å². The van der Waals surface area contributed by atoms with Crippen LogP contribution < -0.4 is 10.1 Å². The topological polar surface area (TPSA) is 125 Å². The molecule has 0 saturated carbocycles. The van der Waals surface area contributed by atoms with Crippen LogP contribution in [0.5, 0.6) is 5.75 Å². The summed E-state index contributed by atoms with van der Waals surface area (Å²) in [6.07, 6.45) is 5.37. The van der Waals surface area contributed by atoms with Crippen LogP contribution >= 0.6 is 0 Å². The van der Waals surface area contributed by atoms with E-state index in [1.165, 1.54) is 12.1 Å². The second kappa shape index (κ2) is 11.4. The van der Waals surface area contributed by atoms with Crippen molar-refractivity contribution in [2.24, 2.45) is 0 Å². The predicted molar refractivity (Wildman–Crippen MR) is 161 cm³/mol. The molecule has 0 aliphatic heterocycles. The van der Waals surface area contributed by atoms with Crippen molar-refractivity contribution < 1.29 is 13.9 Å². The van der Waals surface area contributed by atoms with Crippen molar-refractivity contribution in [1.29, 1.82) is 0 Å². The molecule has 6 aromatic rings. The normalized spacial score (nSPS) is 11.5. The molecular weight excluding hydrogens is 535 g/mol. The van der Waals surface area contributed by atoms with E-state index in [0.717, 1.165) is 27.7 Å². The number of aromatic amines is 2. The molecule has 0 atom stereocenters. The Kier molecular flexibility index (Phi) is 7.32. The third-order valence-corrected chi connectivity index (χ3v) is 6.80. The van der Waals surface area contributed by atoms with Gasteiger partial charge in [0.1, 0.15) is 29.4 Å². The van der Waals surface area contributed by atoms with E-state index in [9.17, 15) is 9.18 Å². The molecule has 11 heteroatoms. The number of fused-ring (bicyclic) bond motifs is 2. The number of amides is 1. The number of benzene rings is 1. The molecule has 0 bridgehead atoms. The Hall–Kier alpha value is -5.16. The van der Waals surface area contributed by atoms with Gasteiger partial charge in [0.05, 0.1) is 34.5 Å². The van der Waals surface area contributed by atoms with Crippen molar-refractivity contribution in [2.45, 2.75) is 13.3 Å². The molecule has 212 valence electrons. The van der Waals surface area contributed by atoms with E-state index in [1.54, 1.807) is 31.6 Å². The molecule has 0 unspecified atom stereocenters. The quantitative estimate of drug-likeness (QED) is 0.207. The zero-order valence-electron chi connectivity index (χ0n) is 23.4. The monoisotopic (exact) mass is 564 g/mol. The Morgan fingerprint density at radius 2 is 1.90 bits per heavy atom. The summed E-state index contributed by atoms with van der Waals surface area (Å²) >= 11 is 0. The second-order valence-corrected chi connectivity index (χ2v) is 10.2. The number of ether oxygens (including phenoxy) is 1. The van der Waals surface area contributed by atoms with Crippen LogP contribution in [0.1, 0.15) is 13.3 Å². The number of pyridine rings is 3. The molecular formula is C31H29FN8O2. The van der Waals surface area contributed by atoms with Crippen LogP contribution in [-0.2, 0) is 4.79 Å². The van der Waals surface area contributed by atoms with Crippen molar-refractivity contribution in [3.8, 4) is 39.7 Å². The summed E-state index contributed by atoms with van der Waals surface area (Å²) in [6.45, 7) is 2.95. The number of nitrogens with zero attached hydrogens (tertiary/aromatic N) is 5. The smallest absolute Gasteiger partial charge is 0.224 e. The molecule has 10 nitrogen and oxygen atoms in total. The van der Waals surface area contributed by atoms with Gasteiger partial charge in [0.25, 0.3) is 0 Å². The maximum absolute atomic E-state index is 14.6. The molecule has 1 aromatic carbocycles. The third kappa shape index (κ3) is 5.54. The molecule has 42 heavy (non-hydrogen) atoms. The van der Waals surface area contributed by atoms with Crippen LogP contribution in [0.3, 0.4) is 0 Å². The minimum absolute atomic E-state index is 0.0894. The van der Waals surface area contributed by atoms with E-state index in [2.05, 4.69) is 30.5 Å². The van der Waals surface area contributed by atoms with Crippen LogP contribution in [0, 0.1) is 5.82 Å². The SMILES string of the molecule is CCC(=O)Nc1cncc(-c2ccc3[nH]nc(-c4cc5c(-c6cc(F)cc(OCCN(C)C)c6)nccc5[nH]4)c3n2)c1. The highest BCUT2D eigenvalue weighted by Gasteiger charge is 2.17. The molecule has 3 N–H and O–H groups in total. The fraction of sp³-hybridized carbons (Fsp3) is 0.194. The van der Waals surface area contributed by atoms with Gasteiger partial charge >= 0.3 is 0 Å². The molecule has 0 aliphatic carbocycles. The van der Waals surface area contributed by atoms with Crippen molar-refractivity contribution >= 4 is 33.5 Å². The number of aromatic nitrogens is 6. The standard InChI is InChI=1S/C31H29FN8O2/c1-4-28(41)35-21-12-19(16-33-17-21)24-5-6-26-30(37-24)31(39-38-26)27-15-23-25(36-27)7-8-34-29(23)18-11-20(32)14-22(13-18)42-10-9-40(2)3/h5-8,11-17,36H,4,9-10H2,1-3H3,(H,35,41)(H,38,39). The molecule has 5 aromatic heterocycles. The van der Waals surface area contributed by atoms with E-state index in [1.807, 2.05) is 49.3 Å². The molecule has 0 aliphatic rings. The van der Waals surface area contributed by atoms with Gasteiger partial charge in [-0.1, -0.05) is 6.92 Å². The Morgan fingerprint density at radius 1 is 1.02 bits per heavy atom. The van der Waals surface area contributed by atoms with Crippen LogP contribution in [-0.4, -0.2) is 68.2 Å². The van der Waals surface area contributed by atoms with E-state index in [-0.39, 0.29) is 5.91 Å². The number of likely N-dealkylation sites (N-methyl/N-ethyl adjacent to an activating group) is 1. The van der Waals surface area contributed by atoms with Gasteiger partial charge in [0, 0.05) is 53.5 Å². The Morgan fingerprint density at radius 3 is 2.74 bits per heavy atom. The number of hydrogen-bond donors (Lipinski definition) is 3. The van der Waals surface area contributed by atoms with E-state index >= 15 is 0 Å². The first kappa shape index (κ1) is 27.0. The summed E-state index contributed by atoms with van der Waals surface area (Å²) in [7, 11) is 3.91. The van der Waals surface area contributed by atoms with Gasteiger partial charge in [0.15, 0.2) is 0 Å². The maximum Gasteiger partial charge on any atom is 0.224 e. The fourth-order valence-electron chi connectivity index (χ4n) is 4.69. The van der Waals surface area contributed by atoms with Gasteiger partial charge in [-0.15, -0.1) is 0 Å². The largest absolute Gasteiger partial charge is 0.492 e. The molecule has 1 amide bonds. The van der Waals surface area contributed by atoms with Crippen molar-refractivity contribution in [3.05, 3.63) is 72.9 Å². The summed E-state index contributed by atoms with van der Waals surface area (Å²) in [5, 5.41) is 11.2. The van der Waals surface area contributed by atoms with Crippen LogP contribution in [0.2, 0.25) is 0 Å². The average Bonchev–Trinajstić information content (AvgIpc) is 3.60. The van der Waals surface area contributed by atoms with Gasteiger partial charge in [-0.05, 0) is 56.6 Å². The first-order valence-electron chi connectivity index (χ1n) is 13.5. The Bertz CT molecular complexity index is 1910. The van der Waals surface area contributed by atoms with Gasteiger partial charge in [-0.3, -0.25) is 19.9 Å². The molecule has 0 fully saturated rings. The summed E-state index contributed by atoms with van der Waals surface area (Å²) in [5.74, 6) is -0.0394. The Balaban J connectivity index is 1.36. The van der Waals surface area contributed by atoms with Gasteiger partial charge in [-0.25, -0.2) is 9.37 Å². The third-order valence-electron chi connectivity index (χ3n) is 6.80. The van der Waals surface area contributed by atoms with E-state index in [0.29, 0.717) is 59.2 Å². The number of anilines is 1. The van der Waals surface area contributed by atoms with Gasteiger partial charge in [0.2, 0.25) is 5.91 Å². The van der Waals surface area contributed by atoms with Gasteiger partial charge in [-0.2, -0.15) is 5.10 Å².